The fourth-order valence-corrected chi connectivity index (χ4v) is 2.47. The minimum Gasteiger partial charge on any atom is -0.418 e. The average molecular weight is 264 g/mol. The van der Waals surface area contributed by atoms with E-state index in [0.717, 1.165) is 31.4 Å². The summed E-state index contributed by atoms with van der Waals surface area (Å²) in [6.07, 6.45) is 3.75. The van der Waals surface area contributed by atoms with E-state index in [4.69, 9.17) is 4.43 Å². The third-order valence-corrected chi connectivity index (χ3v) is 3.75. The van der Waals surface area contributed by atoms with Gasteiger partial charge in [0.1, 0.15) is 0 Å². The fraction of sp³-hybridized carbons (Fsp3) is 0.533. The van der Waals surface area contributed by atoms with Crippen LogP contribution in [0.5, 0.6) is 0 Å². The molecule has 0 atom stereocenters. The van der Waals surface area contributed by atoms with Gasteiger partial charge in [-0.25, -0.2) is 0 Å². The number of hydrogen-bond acceptors (Lipinski definition) is 2. The molecule has 100 valence electrons. The molecule has 0 bridgehead atoms. The lowest BCUT2D eigenvalue weighted by Crippen LogP contribution is -2.25. The molecule has 2 nitrogen and oxygen atoms in total. The lowest BCUT2D eigenvalue weighted by Gasteiger charge is -2.16. The highest BCUT2D eigenvalue weighted by molar-refractivity contribution is 6.69. The third-order valence-electron chi connectivity index (χ3n) is 2.68. The summed E-state index contributed by atoms with van der Waals surface area (Å²) in [6.45, 7) is 7.44. The summed E-state index contributed by atoms with van der Waals surface area (Å²) in [7, 11) is -1.36. The Balaban J connectivity index is 2.10. The molecule has 0 saturated carbocycles. The molecule has 0 radical (unpaired) electrons. The maximum Gasteiger partial charge on any atom is 0.183 e. The summed E-state index contributed by atoms with van der Waals surface area (Å²) in [5.41, 5.74) is 0.829. The van der Waals surface area contributed by atoms with Crippen LogP contribution in [0.15, 0.2) is 30.3 Å². The van der Waals surface area contributed by atoms with Gasteiger partial charge in [0, 0.05) is 18.6 Å². The first kappa shape index (κ1) is 15.1. The van der Waals surface area contributed by atoms with Gasteiger partial charge in [-0.15, -0.1) is 0 Å². The molecule has 0 aromatic heterocycles. The highest BCUT2D eigenvalue weighted by atomic mass is 28.4. The first-order valence-electron chi connectivity index (χ1n) is 6.71. The first-order valence-corrected chi connectivity index (χ1v) is 10.1. The summed E-state index contributed by atoms with van der Waals surface area (Å²) in [6, 6.07) is 9.53. The number of ketones is 1. The maximum atomic E-state index is 11.8. The van der Waals surface area contributed by atoms with Crippen molar-refractivity contribution in [2.45, 2.75) is 45.3 Å². The zero-order valence-corrected chi connectivity index (χ0v) is 12.7. The lowest BCUT2D eigenvalue weighted by atomic mass is 10.1. The number of carbonyl (C=O) groups excluding carboxylic acids is 1. The van der Waals surface area contributed by atoms with Gasteiger partial charge in [-0.2, -0.15) is 0 Å². The van der Waals surface area contributed by atoms with E-state index < -0.39 is 8.32 Å². The van der Waals surface area contributed by atoms with Gasteiger partial charge in [-0.3, -0.25) is 4.79 Å². The highest BCUT2D eigenvalue weighted by Crippen LogP contribution is 2.09. The molecule has 0 amide bonds. The number of carbonyl (C=O) groups is 1. The Morgan fingerprint density at radius 2 is 1.72 bits per heavy atom. The van der Waals surface area contributed by atoms with E-state index in [2.05, 4.69) is 19.6 Å². The predicted octanol–water partition coefficient (Wildman–Crippen LogP) is 4.28. The second-order valence-electron chi connectivity index (χ2n) is 5.56. The molecule has 0 unspecified atom stereocenters. The van der Waals surface area contributed by atoms with Crippen LogP contribution in [-0.2, 0) is 4.43 Å². The standard InChI is InChI=1S/C15H24O2Si/c1-18(2,3)17-13-9-5-8-12-15(16)14-10-6-4-7-11-14/h4,6-7,10-11H,5,8-9,12-13H2,1-3H3. The van der Waals surface area contributed by atoms with E-state index in [0.29, 0.717) is 6.42 Å². The summed E-state index contributed by atoms with van der Waals surface area (Å²) in [4.78, 5) is 11.8. The molecule has 18 heavy (non-hydrogen) atoms. The molecule has 0 fully saturated rings. The number of rotatable bonds is 8. The van der Waals surface area contributed by atoms with Crippen LogP contribution in [0.4, 0.5) is 0 Å². The molecule has 1 aromatic rings. The van der Waals surface area contributed by atoms with Gasteiger partial charge in [-0.05, 0) is 32.5 Å². The minimum absolute atomic E-state index is 0.252. The summed E-state index contributed by atoms with van der Waals surface area (Å²) in [5.74, 6) is 0.252. The van der Waals surface area contributed by atoms with E-state index in [1.54, 1.807) is 0 Å². The largest absolute Gasteiger partial charge is 0.418 e. The normalized spacial score (nSPS) is 11.5. The molecule has 0 N–H and O–H groups in total. The second-order valence-corrected chi connectivity index (χ2v) is 10.1. The number of Topliss-reactive ketones (excluding diaryl/α,β-unsaturated/α-hetero) is 1. The maximum absolute atomic E-state index is 11.8. The molecule has 0 aliphatic heterocycles. The Hall–Kier alpha value is -0.933. The van der Waals surface area contributed by atoms with Gasteiger partial charge in [-0.1, -0.05) is 36.8 Å². The Bertz CT molecular complexity index is 355. The molecule has 0 saturated heterocycles. The van der Waals surface area contributed by atoms with Gasteiger partial charge in [0.05, 0.1) is 0 Å². The highest BCUT2D eigenvalue weighted by Gasteiger charge is 2.13. The second kappa shape index (κ2) is 7.49. The van der Waals surface area contributed by atoms with E-state index in [1.165, 1.54) is 0 Å². The van der Waals surface area contributed by atoms with Crippen molar-refractivity contribution >= 4 is 14.1 Å². The van der Waals surface area contributed by atoms with Crippen molar-refractivity contribution in [3.8, 4) is 0 Å². The minimum atomic E-state index is -1.36. The Morgan fingerprint density at radius 3 is 2.33 bits per heavy atom. The first-order chi connectivity index (χ1) is 8.49. The topological polar surface area (TPSA) is 26.3 Å². The number of unbranched alkanes of at least 4 members (excludes halogenated alkanes) is 2. The fourth-order valence-electron chi connectivity index (χ4n) is 1.71. The van der Waals surface area contributed by atoms with E-state index in [9.17, 15) is 4.79 Å². The predicted molar refractivity (Wildman–Crippen MR) is 78.5 cm³/mol. The molecule has 1 aromatic carbocycles. The van der Waals surface area contributed by atoms with Crippen molar-refractivity contribution in [2.24, 2.45) is 0 Å². The van der Waals surface area contributed by atoms with Crippen molar-refractivity contribution in [2.75, 3.05) is 6.61 Å². The molecule has 0 heterocycles. The summed E-state index contributed by atoms with van der Waals surface area (Å²) < 4.78 is 5.77. The van der Waals surface area contributed by atoms with Crippen LogP contribution >= 0.6 is 0 Å². The summed E-state index contributed by atoms with van der Waals surface area (Å²) >= 11 is 0. The molecular formula is C15H24O2Si. The zero-order valence-electron chi connectivity index (χ0n) is 11.7. The van der Waals surface area contributed by atoms with Crippen LogP contribution in [-0.4, -0.2) is 20.7 Å². The van der Waals surface area contributed by atoms with Gasteiger partial charge in [0.15, 0.2) is 14.1 Å². The molecule has 1 rings (SSSR count). The SMILES string of the molecule is C[Si](C)(C)OCCCCCC(=O)c1ccccc1. The van der Waals surface area contributed by atoms with Gasteiger partial charge in [0.25, 0.3) is 0 Å². The molecule has 3 heteroatoms. The number of hydrogen-bond donors (Lipinski definition) is 0. The van der Waals surface area contributed by atoms with Gasteiger partial charge < -0.3 is 4.43 Å². The van der Waals surface area contributed by atoms with E-state index in [-0.39, 0.29) is 5.78 Å². The van der Waals surface area contributed by atoms with Crippen LogP contribution in [0.3, 0.4) is 0 Å². The molecule has 0 aliphatic carbocycles. The Kier molecular flexibility index (Phi) is 6.29. The smallest absolute Gasteiger partial charge is 0.183 e. The van der Waals surface area contributed by atoms with Crippen LogP contribution < -0.4 is 0 Å². The van der Waals surface area contributed by atoms with Crippen molar-refractivity contribution in [3.63, 3.8) is 0 Å². The van der Waals surface area contributed by atoms with E-state index >= 15 is 0 Å². The monoisotopic (exact) mass is 264 g/mol. The van der Waals surface area contributed by atoms with Crippen molar-refractivity contribution < 1.29 is 9.22 Å². The third kappa shape index (κ3) is 6.72. The van der Waals surface area contributed by atoms with Crippen molar-refractivity contribution in [1.29, 1.82) is 0 Å². The van der Waals surface area contributed by atoms with Crippen LogP contribution in [0.25, 0.3) is 0 Å². The molecule has 0 spiro atoms. The zero-order chi connectivity index (χ0) is 13.4. The van der Waals surface area contributed by atoms with Gasteiger partial charge >= 0.3 is 0 Å². The van der Waals surface area contributed by atoms with Crippen molar-refractivity contribution in [1.82, 2.24) is 0 Å². The van der Waals surface area contributed by atoms with Crippen LogP contribution in [0, 0.1) is 0 Å². The number of benzene rings is 1. The molecule has 0 aliphatic rings. The Morgan fingerprint density at radius 1 is 1.06 bits per heavy atom. The Labute approximate surface area is 111 Å². The van der Waals surface area contributed by atoms with Crippen LogP contribution in [0.2, 0.25) is 19.6 Å². The van der Waals surface area contributed by atoms with E-state index in [1.807, 2.05) is 30.3 Å². The van der Waals surface area contributed by atoms with Crippen molar-refractivity contribution in [3.05, 3.63) is 35.9 Å². The van der Waals surface area contributed by atoms with Gasteiger partial charge in [0.2, 0.25) is 0 Å². The summed E-state index contributed by atoms with van der Waals surface area (Å²) in [5, 5.41) is 0. The molecular weight excluding hydrogens is 240 g/mol. The average Bonchev–Trinajstić information content (AvgIpc) is 2.33. The quantitative estimate of drug-likeness (QED) is 0.398. The lowest BCUT2D eigenvalue weighted by molar-refractivity contribution is 0.0978. The van der Waals surface area contributed by atoms with Crippen LogP contribution in [0.1, 0.15) is 36.0 Å².